The molecule has 0 bridgehead atoms. The predicted molar refractivity (Wildman–Crippen MR) is 102 cm³/mol. The summed E-state index contributed by atoms with van der Waals surface area (Å²) in [6.07, 6.45) is 1.31. The Morgan fingerprint density at radius 1 is 1.17 bits per heavy atom. The molecule has 0 radical (unpaired) electrons. The number of carbonyl (C=O) groups is 1. The molecule has 4 nitrogen and oxygen atoms in total. The van der Waals surface area contributed by atoms with Crippen LogP contribution in [0.2, 0.25) is 0 Å². The highest BCUT2D eigenvalue weighted by Crippen LogP contribution is 2.46. The molecule has 2 fully saturated rings. The molecule has 2 N–H and O–H groups in total. The second kappa shape index (κ2) is 7.71. The molecule has 2 aliphatic heterocycles. The lowest BCUT2D eigenvalue weighted by Gasteiger charge is -2.39. The molecule has 29 heavy (non-hydrogen) atoms. The number of hydrogen-bond acceptors (Lipinski definition) is 3. The number of phenols is 1. The van der Waals surface area contributed by atoms with Gasteiger partial charge in [0, 0.05) is 32.0 Å². The molecule has 0 aromatic heterocycles. The fraction of sp³-hybridized carbons (Fsp3) is 0.409. The van der Waals surface area contributed by atoms with Gasteiger partial charge in [-0.05, 0) is 41.3 Å². The summed E-state index contributed by atoms with van der Waals surface area (Å²) in [4.78, 5) is 13.6. The number of halogens is 3. The molecule has 2 heterocycles. The van der Waals surface area contributed by atoms with Crippen molar-refractivity contribution in [1.82, 2.24) is 10.2 Å². The maximum Gasteiger partial charge on any atom is 0.267 e. The molecule has 2 aliphatic rings. The first kappa shape index (κ1) is 19.8. The zero-order valence-corrected chi connectivity index (χ0v) is 15.9. The quantitative estimate of drug-likeness (QED) is 0.816. The summed E-state index contributed by atoms with van der Waals surface area (Å²) in [5.41, 5.74) is 1.31. The maximum atomic E-state index is 14.9. The molecule has 2 atom stereocenters. The van der Waals surface area contributed by atoms with Gasteiger partial charge in [-0.3, -0.25) is 4.79 Å². The van der Waals surface area contributed by atoms with E-state index in [2.05, 4.69) is 5.32 Å². The first-order valence-electron chi connectivity index (χ1n) is 9.79. The molecular weight excluding hydrogens is 381 g/mol. The van der Waals surface area contributed by atoms with Gasteiger partial charge in [-0.1, -0.05) is 24.3 Å². The highest BCUT2D eigenvalue weighted by molar-refractivity contribution is 5.78. The number of likely N-dealkylation sites (tertiary alicyclic amines) is 1. The largest absolute Gasteiger partial charge is 0.508 e. The zero-order chi connectivity index (χ0) is 20.6. The SMILES string of the molecule is O=C1CCCN1Cc1ccc(F)c(C2CNCC(F)(F)C2c2ccc(O)cc2)c1. The molecule has 154 valence electrons. The summed E-state index contributed by atoms with van der Waals surface area (Å²) in [5.74, 6) is -5.56. The van der Waals surface area contributed by atoms with Crippen LogP contribution in [-0.2, 0) is 11.3 Å². The number of carbonyl (C=O) groups excluding carboxylic acids is 1. The number of nitrogens with zero attached hydrogens (tertiary/aromatic N) is 1. The monoisotopic (exact) mass is 404 g/mol. The number of phenolic OH excluding ortho intramolecular Hbond substituents is 1. The van der Waals surface area contributed by atoms with Gasteiger partial charge in [-0.2, -0.15) is 0 Å². The molecule has 2 saturated heterocycles. The smallest absolute Gasteiger partial charge is 0.267 e. The van der Waals surface area contributed by atoms with Crippen molar-refractivity contribution in [3.05, 3.63) is 65.0 Å². The highest BCUT2D eigenvalue weighted by atomic mass is 19.3. The molecule has 2 aromatic carbocycles. The van der Waals surface area contributed by atoms with Crippen LogP contribution in [0.4, 0.5) is 13.2 Å². The van der Waals surface area contributed by atoms with Gasteiger partial charge in [0.2, 0.25) is 5.91 Å². The van der Waals surface area contributed by atoms with Gasteiger partial charge in [0.1, 0.15) is 11.6 Å². The minimum atomic E-state index is -3.08. The normalized spacial score (nSPS) is 24.1. The number of benzene rings is 2. The van der Waals surface area contributed by atoms with Crippen LogP contribution in [-0.4, -0.2) is 41.5 Å². The summed E-state index contributed by atoms with van der Waals surface area (Å²) in [6, 6.07) is 10.2. The zero-order valence-electron chi connectivity index (χ0n) is 15.9. The van der Waals surface area contributed by atoms with Crippen LogP contribution < -0.4 is 5.32 Å². The summed E-state index contributed by atoms with van der Waals surface area (Å²) < 4.78 is 44.6. The van der Waals surface area contributed by atoms with Crippen LogP contribution in [0, 0.1) is 5.82 Å². The third-order valence-electron chi connectivity index (χ3n) is 5.84. The Labute approximate surface area is 167 Å². The predicted octanol–water partition coefficient (Wildman–Crippen LogP) is 3.76. The molecule has 7 heteroatoms. The van der Waals surface area contributed by atoms with Crippen molar-refractivity contribution in [2.24, 2.45) is 0 Å². The lowest BCUT2D eigenvalue weighted by Crippen LogP contribution is -2.49. The van der Waals surface area contributed by atoms with Crippen LogP contribution in [0.3, 0.4) is 0 Å². The summed E-state index contributed by atoms with van der Waals surface area (Å²) in [5, 5.41) is 12.2. The third-order valence-corrected chi connectivity index (χ3v) is 5.84. The average Bonchev–Trinajstić information content (AvgIpc) is 3.08. The van der Waals surface area contributed by atoms with E-state index in [1.54, 1.807) is 17.0 Å². The van der Waals surface area contributed by atoms with E-state index in [1.165, 1.54) is 30.3 Å². The van der Waals surface area contributed by atoms with E-state index in [-0.39, 0.29) is 23.8 Å². The standard InChI is InChI=1S/C22H23F3N2O2/c23-19-8-3-14(12-27-9-1-2-20(27)29)10-17(19)18-11-26-13-22(24,25)21(18)15-4-6-16(28)7-5-15/h3-8,10,18,21,26,28H,1-2,9,11-13H2. The molecule has 0 saturated carbocycles. The van der Waals surface area contributed by atoms with E-state index in [0.29, 0.717) is 25.1 Å². The van der Waals surface area contributed by atoms with Gasteiger partial charge in [0.25, 0.3) is 5.92 Å². The average molecular weight is 404 g/mol. The van der Waals surface area contributed by atoms with E-state index in [1.807, 2.05) is 0 Å². The number of amides is 1. The van der Waals surface area contributed by atoms with Crippen molar-refractivity contribution in [1.29, 1.82) is 0 Å². The Morgan fingerprint density at radius 3 is 2.62 bits per heavy atom. The molecule has 4 rings (SSSR count). The van der Waals surface area contributed by atoms with E-state index in [0.717, 1.165) is 12.0 Å². The van der Waals surface area contributed by atoms with Crippen LogP contribution in [0.15, 0.2) is 42.5 Å². The van der Waals surface area contributed by atoms with Crippen molar-refractivity contribution in [3.8, 4) is 5.75 Å². The van der Waals surface area contributed by atoms with Gasteiger partial charge in [-0.15, -0.1) is 0 Å². The fourth-order valence-electron chi connectivity index (χ4n) is 4.43. The topological polar surface area (TPSA) is 52.6 Å². The Balaban J connectivity index is 1.69. The summed E-state index contributed by atoms with van der Waals surface area (Å²) in [6.45, 7) is 0.736. The highest BCUT2D eigenvalue weighted by Gasteiger charge is 2.48. The molecular formula is C22H23F3N2O2. The first-order chi connectivity index (χ1) is 13.8. The van der Waals surface area contributed by atoms with E-state index in [4.69, 9.17) is 0 Å². The van der Waals surface area contributed by atoms with Gasteiger partial charge in [0.15, 0.2) is 0 Å². The number of nitrogens with one attached hydrogen (secondary N) is 1. The van der Waals surface area contributed by atoms with Crippen molar-refractivity contribution < 1.29 is 23.1 Å². The Morgan fingerprint density at radius 2 is 1.93 bits per heavy atom. The van der Waals surface area contributed by atoms with Crippen LogP contribution >= 0.6 is 0 Å². The van der Waals surface area contributed by atoms with Crippen molar-refractivity contribution in [3.63, 3.8) is 0 Å². The molecule has 1 amide bonds. The summed E-state index contributed by atoms with van der Waals surface area (Å²) >= 11 is 0. The minimum absolute atomic E-state index is 0.00832. The number of rotatable bonds is 4. The van der Waals surface area contributed by atoms with Crippen molar-refractivity contribution in [2.75, 3.05) is 19.6 Å². The molecule has 2 unspecified atom stereocenters. The van der Waals surface area contributed by atoms with Crippen molar-refractivity contribution in [2.45, 2.75) is 37.1 Å². The Hall–Kier alpha value is -2.54. The lowest BCUT2D eigenvalue weighted by molar-refractivity contribution is -0.128. The lowest BCUT2D eigenvalue weighted by atomic mass is 9.75. The van der Waals surface area contributed by atoms with Crippen molar-refractivity contribution >= 4 is 5.91 Å². The van der Waals surface area contributed by atoms with Gasteiger partial charge in [-0.25, -0.2) is 13.2 Å². The molecule has 0 spiro atoms. The number of piperidine rings is 1. The number of aromatic hydroxyl groups is 1. The summed E-state index contributed by atoms with van der Waals surface area (Å²) in [7, 11) is 0. The molecule has 2 aromatic rings. The minimum Gasteiger partial charge on any atom is -0.508 e. The van der Waals surface area contributed by atoms with E-state index in [9.17, 15) is 23.1 Å². The second-order valence-corrected chi connectivity index (χ2v) is 7.84. The van der Waals surface area contributed by atoms with Crippen LogP contribution in [0.5, 0.6) is 5.75 Å². The Kier molecular flexibility index (Phi) is 5.25. The van der Waals surface area contributed by atoms with Gasteiger partial charge < -0.3 is 15.3 Å². The Bertz CT molecular complexity index is 901. The fourth-order valence-corrected chi connectivity index (χ4v) is 4.43. The second-order valence-electron chi connectivity index (χ2n) is 7.84. The van der Waals surface area contributed by atoms with E-state index < -0.39 is 30.1 Å². The maximum absolute atomic E-state index is 14.9. The van der Waals surface area contributed by atoms with Crippen LogP contribution in [0.1, 0.15) is 41.4 Å². The first-order valence-corrected chi connectivity index (χ1v) is 9.79. The van der Waals surface area contributed by atoms with E-state index >= 15 is 0 Å². The van der Waals surface area contributed by atoms with Gasteiger partial charge in [0.05, 0.1) is 12.5 Å². The molecule has 0 aliphatic carbocycles. The third kappa shape index (κ3) is 3.96. The number of alkyl halides is 2. The van der Waals surface area contributed by atoms with Gasteiger partial charge >= 0.3 is 0 Å². The number of hydrogen-bond donors (Lipinski definition) is 2. The van der Waals surface area contributed by atoms with Crippen LogP contribution in [0.25, 0.3) is 0 Å².